The molecule has 0 spiro atoms. The van der Waals surface area contributed by atoms with Crippen LogP contribution in [0.2, 0.25) is 0 Å². The van der Waals surface area contributed by atoms with Crippen molar-refractivity contribution in [1.82, 2.24) is 0 Å². The first kappa shape index (κ1) is 11.4. The Hall–Kier alpha value is -0.710. The zero-order valence-corrected chi connectivity index (χ0v) is 10.6. The molecule has 3 nitrogen and oxygen atoms in total. The summed E-state index contributed by atoms with van der Waals surface area (Å²) < 4.78 is -0.104. The predicted octanol–water partition coefficient (Wildman–Crippen LogP) is 2.82. The third kappa shape index (κ3) is 2.05. The maximum atomic E-state index is 12.6. The number of carbonyl (C=O) groups is 1. The van der Waals surface area contributed by atoms with Gasteiger partial charge >= 0.3 is 0 Å². The summed E-state index contributed by atoms with van der Waals surface area (Å²) in [5.74, 6) is 0.857. The Kier molecular flexibility index (Phi) is 2.81. The maximum absolute atomic E-state index is 12.6. The van der Waals surface area contributed by atoms with Gasteiger partial charge in [-0.1, -0.05) is 6.07 Å². The lowest BCUT2D eigenvalue weighted by Gasteiger charge is -2.57. The van der Waals surface area contributed by atoms with Crippen LogP contribution in [0.3, 0.4) is 0 Å². The van der Waals surface area contributed by atoms with Crippen molar-refractivity contribution in [3.8, 4) is 0 Å². The van der Waals surface area contributed by atoms with Gasteiger partial charge in [0.2, 0.25) is 0 Å². The number of rotatable bonds is 3. The molecule has 0 aromatic carbocycles. The van der Waals surface area contributed by atoms with Gasteiger partial charge in [-0.2, -0.15) is 0 Å². The fourth-order valence-corrected chi connectivity index (χ4v) is 3.91. The van der Waals surface area contributed by atoms with Crippen LogP contribution in [-0.2, 0) is 0 Å². The first-order valence-electron chi connectivity index (χ1n) is 6.32. The van der Waals surface area contributed by atoms with Crippen molar-refractivity contribution < 1.29 is 9.44 Å². The van der Waals surface area contributed by atoms with Crippen molar-refractivity contribution in [1.29, 1.82) is 0 Å². The normalized spacial score (nSPS) is 36.1. The molecule has 4 heterocycles. The van der Waals surface area contributed by atoms with Crippen molar-refractivity contribution >= 4 is 17.1 Å². The van der Waals surface area contributed by atoms with Crippen molar-refractivity contribution in [3.05, 3.63) is 27.6 Å². The first-order chi connectivity index (χ1) is 8.17. The SMILES string of the molecule is O=C(C[C@H]1CC2CC[N+]1([O-])CC2)c1cccs1. The number of quaternary nitrogens is 1. The number of ketones is 1. The smallest absolute Gasteiger partial charge is 0.178 e. The second kappa shape index (κ2) is 4.19. The minimum Gasteiger partial charge on any atom is -0.633 e. The van der Waals surface area contributed by atoms with Gasteiger partial charge in [0.15, 0.2) is 5.78 Å². The van der Waals surface area contributed by atoms with Gasteiger partial charge in [0.25, 0.3) is 0 Å². The molecule has 4 heteroatoms. The molecule has 2 bridgehead atoms. The second-order valence-electron chi connectivity index (χ2n) is 5.34. The van der Waals surface area contributed by atoms with Gasteiger partial charge in [-0.3, -0.25) is 4.79 Å². The van der Waals surface area contributed by atoms with Crippen LogP contribution >= 0.6 is 11.3 Å². The van der Waals surface area contributed by atoms with E-state index in [1.54, 1.807) is 0 Å². The fraction of sp³-hybridized carbons (Fsp3) is 0.615. The highest BCUT2D eigenvalue weighted by Crippen LogP contribution is 2.39. The lowest BCUT2D eigenvalue weighted by molar-refractivity contribution is -0.921. The van der Waals surface area contributed by atoms with Crippen LogP contribution in [0, 0.1) is 11.1 Å². The van der Waals surface area contributed by atoms with Crippen LogP contribution in [0.1, 0.15) is 35.4 Å². The molecule has 3 aliphatic rings. The molecule has 0 radical (unpaired) electrons. The van der Waals surface area contributed by atoms with Crippen LogP contribution in [0.4, 0.5) is 0 Å². The molecule has 1 atom stereocenters. The molecule has 0 N–H and O–H groups in total. The van der Waals surface area contributed by atoms with Gasteiger partial charge in [0.05, 0.1) is 30.4 Å². The molecular weight excluding hydrogens is 234 g/mol. The zero-order chi connectivity index (χ0) is 11.9. The molecule has 3 fully saturated rings. The minimum atomic E-state index is -0.104. The molecule has 4 rings (SSSR count). The van der Waals surface area contributed by atoms with E-state index in [1.165, 1.54) is 11.3 Å². The Balaban J connectivity index is 1.71. The maximum Gasteiger partial charge on any atom is 0.178 e. The highest BCUT2D eigenvalue weighted by Gasteiger charge is 2.42. The number of Topliss-reactive ketones (excluding diaryl/α,β-unsaturated/α-hetero) is 1. The molecule has 0 aliphatic carbocycles. The molecular formula is C13H17NO2S. The second-order valence-corrected chi connectivity index (χ2v) is 6.28. The van der Waals surface area contributed by atoms with Crippen molar-refractivity contribution in [2.24, 2.45) is 5.92 Å². The van der Waals surface area contributed by atoms with Crippen LogP contribution in [-0.4, -0.2) is 29.6 Å². The summed E-state index contributed by atoms with van der Waals surface area (Å²) in [6.07, 6.45) is 3.53. The first-order valence-corrected chi connectivity index (χ1v) is 7.20. The predicted molar refractivity (Wildman–Crippen MR) is 67.8 cm³/mol. The number of thiophene rings is 1. The average Bonchev–Trinajstić information content (AvgIpc) is 2.84. The summed E-state index contributed by atoms with van der Waals surface area (Å²) in [5.41, 5.74) is 0. The lowest BCUT2D eigenvalue weighted by Crippen LogP contribution is -2.60. The quantitative estimate of drug-likeness (QED) is 0.471. The van der Waals surface area contributed by atoms with E-state index in [2.05, 4.69) is 0 Å². The molecule has 92 valence electrons. The number of nitrogens with zero attached hydrogens (tertiary/aromatic N) is 1. The van der Waals surface area contributed by atoms with Crippen molar-refractivity contribution in [2.75, 3.05) is 13.1 Å². The third-order valence-electron chi connectivity index (χ3n) is 4.32. The van der Waals surface area contributed by atoms with E-state index in [4.69, 9.17) is 0 Å². The van der Waals surface area contributed by atoms with Gasteiger partial charge in [0, 0.05) is 19.3 Å². The van der Waals surface area contributed by atoms with Gasteiger partial charge in [-0.05, 0) is 17.4 Å². The van der Waals surface area contributed by atoms with Gasteiger partial charge in [-0.15, -0.1) is 11.3 Å². The van der Waals surface area contributed by atoms with Gasteiger partial charge in [0.1, 0.15) is 0 Å². The van der Waals surface area contributed by atoms with E-state index in [1.807, 2.05) is 17.5 Å². The Morgan fingerprint density at radius 1 is 1.47 bits per heavy atom. The van der Waals surface area contributed by atoms with Gasteiger partial charge in [-0.25, -0.2) is 0 Å². The molecule has 3 aliphatic heterocycles. The Morgan fingerprint density at radius 3 is 2.82 bits per heavy atom. The number of carbonyl (C=O) groups excluding carboxylic acids is 1. The standard InChI is InChI=1S/C13H17NO2S/c15-12(13-2-1-7-17-13)9-11-8-10-3-5-14(11,16)6-4-10/h1-2,7,10-11H,3-6,8-9H2/t10?,11-,14?/m1/s1. The van der Waals surface area contributed by atoms with E-state index in [0.29, 0.717) is 12.3 Å². The van der Waals surface area contributed by atoms with Crippen LogP contribution in [0.15, 0.2) is 17.5 Å². The summed E-state index contributed by atoms with van der Waals surface area (Å²) in [7, 11) is 0. The summed E-state index contributed by atoms with van der Waals surface area (Å²) >= 11 is 1.48. The largest absolute Gasteiger partial charge is 0.633 e. The number of hydrogen-bond acceptors (Lipinski definition) is 3. The van der Waals surface area contributed by atoms with E-state index in [0.717, 1.165) is 37.2 Å². The third-order valence-corrected chi connectivity index (χ3v) is 5.23. The lowest BCUT2D eigenvalue weighted by atomic mass is 9.81. The number of fused-ring (bicyclic) bond motifs is 3. The van der Waals surface area contributed by atoms with Crippen molar-refractivity contribution in [3.63, 3.8) is 0 Å². The molecule has 0 saturated carbocycles. The Morgan fingerprint density at radius 2 is 2.24 bits per heavy atom. The Labute approximate surface area is 105 Å². The zero-order valence-electron chi connectivity index (χ0n) is 9.80. The number of hydroxylamine groups is 3. The van der Waals surface area contributed by atoms with E-state index in [9.17, 15) is 10.0 Å². The molecule has 0 unspecified atom stereocenters. The monoisotopic (exact) mass is 251 g/mol. The summed E-state index contributed by atoms with van der Waals surface area (Å²) in [6.45, 7) is 1.46. The topological polar surface area (TPSA) is 40.1 Å². The van der Waals surface area contributed by atoms with Crippen LogP contribution < -0.4 is 0 Å². The van der Waals surface area contributed by atoms with Crippen LogP contribution in [0.5, 0.6) is 0 Å². The molecule has 1 aromatic rings. The highest BCUT2D eigenvalue weighted by molar-refractivity contribution is 7.12. The molecule has 1 aromatic heterocycles. The highest BCUT2D eigenvalue weighted by atomic mass is 32.1. The minimum absolute atomic E-state index is 0.0251. The summed E-state index contributed by atoms with van der Waals surface area (Å²) in [4.78, 5) is 12.9. The van der Waals surface area contributed by atoms with Crippen molar-refractivity contribution in [2.45, 2.75) is 31.7 Å². The summed E-state index contributed by atoms with van der Waals surface area (Å²) in [5, 5.41) is 14.5. The number of piperidine rings is 3. The van der Waals surface area contributed by atoms with E-state index in [-0.39, 0.29) is 16.5 Å². The number of hydrogen-bond donors (Lipinski definition) is 0. The average molecular weight is 251 g/mol. The van der Waals surface area contributed by atoms with E-state index >= 15 is 0 Å². The van der Waals surface area contributed by atoms with E-state index < -0.39 is 0 Å². The molecule has 0 amide bonds. The molecule has 17 heavy (non-hydrogen) atoms. The summed E-state index contributed by atoms with van der Waals surface area (Å²) in [6, 6.07) is 3.78. The van der Waals surface area contributed by atoms with Crippen LogP contribution in [0.25, 0.3) is 0 Å². The molecule has 3 saturated heterocycles. The Bertz CT molecular complexity index is 407. The fourth-order valence-electron chi connectivity index (χ4n) is 3.24. The van der Waals surface area contributed by atoms with Gasteiger partial charge < -0.3 is 9.85 Å².